The summed E-state index contributed by atoms with van der Waals surface area (Å²) in [5.74, 6) is -0.599. The molecule has 0 spiro atoms. The van der Waals surface area contributed by atoms with Crippen LogP contribution in [-0.4, -0.2) is 42.2 Å². The zero-order valence-corrected chi connectivity index (χ0v) is 18.1. The Balaban J connectivity index is 2.14. The summed E-state index contributed by atoms with van der Waals surface area (Å²) >= 11 is 0. The third-order valence-corrected chi connectivity index (χ3v) is 5.62. The number of benzodiazepines with no additional fused rings is 1. The van der Waals surface area contributed by atoms with Crippen LogP contribution >= 0.6 is 0 Å². The minimum absolute atomic E-state index is 0.0846. The Morgan fingerprint density at radius 3 is 2.61 bits per heavy atom. The van der Waals surface area contributed by atoms with E-state index >= 15 is 0 Å². The van der Waals surface area contributed by atoms with Crippen molar-refractivity contribution in [2.24, 2.45) is 4.99 Å². The molecule has 0 saturated heterocycles. The molecular formula is C24H27FN3O3-. The molecule has 2 aromatic rings. The predicted octanol–water partition coefficient (Wildman–Crippen LogP) is 3.54. The normalized spacial score (nSPS) is 14.5. The number of fused-ring (bicyclic) bond motifs is 1. The Labute approximate surface area is 182 Å². The molecule has 0 radical (unpaired) electrons. The van der Waals surface area contributed by atoms with Crippen molar-refractivity contribution in [3.05, 3.63) is 65.0 Å². The number of anilines is 1. The van der Waals surface area contributed by atoms with Gasteiger partial charge >= 0.3 is 0 Å². The fourth-order valence-corrected chi connectivity index (χ4v) is 3.87. The summed E-state index contributed by atoms with van der Waals surface area (Å²) < 4.78 is 14.6. The number of likely N-dealkylation sites (N-methyl/N-ethyl adjacent to an activating group) is 1. The Bertz CT molecular complexity index is 1010. The van der Waals surface area contributed by atoms with Crippen molar-refractivity contribution in [3.8, 4) is 0 Å². The van der Waals surface area contributed by atoms with Crippen molar-refractivity contribution >= 4 is 23.4 Å². The lowest BCUT2D eigenvalue weighted by Crippen LogP contribution is -2.43. The van der Waals surface area contributed by atoms with Gasteiger partial charge in [-0.25, -0.2) is 4.39 Å². The highest BCUT2D eigenvalue weighted by molar-refractivity contribution is 6.19. The van der Waals surface area contributed by atoms with Crippen LogP contribution in [0.15, 0.2) is 47.5 Å². The molecule has 0 N–H and O–H groups in total. The van der Waals surface area contributed by atoms with Gasteiger partial charge in [0.15, 0.2) is 0 Å². The van der Waals surface area contributed by atoms with Gasteiger partial charge in [-0.05, 0) is 50.1 Å². The van der Waals surface area contributed by atoms with Crippen molar-refractivity contribution < 1.29 is 19.1 Å². The highest BCUT2D eigenvalue weighted by Gasteiger charge is 2.27. The number of carbonyl (C=O) groups excluding carboxylic acids is 2. The summed E-state index contributed by atoms with van der Waals surface area (Å²) in [6.45, 7) is 6.39. The first-order valence-corrected chi connectivity index (χ1v) is 10.6. The molecule has 6 nitrogen and oxygen atoms in total. The van der Waals surface area contributed by atoms with E-state index in [0.717, 1.165) is 18.4 Å². The highest BCUT2D eigenvalue weighted by Crippen LogP contribution is 2.32. The number of halogens is 1. The van der Waals surface area contributed by atoms with Crippen LogP contribution in [0.2, 0.25) is 0 Å². The van der Waals surface area contributed by atoms with Gasteiger partial charge in [-0.15, -0.1) is 0 Å². The van der Waals surface area contributed by atoms with Crippen LogP contribution < -0.4 is 10.0 Å². The second kappa shape index (κ2) is 9.73. The highest BCUT2D eigenvalue weighted by atomic mass is 19.1. The summed E-state index contributed by atoms with van der Waals surface area (Å²) in [4.78, 5) is 31.7. The second-order valence-electron chi connectivity index (χ2n) is 7.55. The van der Waals surface area contributed by atoms with E-state index in [1.54, 1.807) is 36.1 Å². The number of amides is 2. The molecule has 0 saturated carbocycles. The van der Waals surface area contributed by atoms with Crippen LogP contribution in [0.25, 0.3) is 0 Å². The quantitative estimate of drug-likeness (QED) is 0.682. The predicted molar refractivity (Wildman–Crippen MR) is 117 cm³/mol. The minimum atomic E-state index is -1.23. The van der Waals surface area contributed by atoms with Gasteiger partial charge in [0.25, 0.3) is 0 Å². The van der Waals surface area contributed by atoms with Crippen LogP contribution in [0.5, 0.6) is 0 Å². The number of nitrogens with zero attached hydrogens (tertiary/aromatic N) is 3. The lowest BCUT2D eigenvalue weighted by Gasteiger charge is -2.32. The van der Waals surface area contributed by atoms with E-state index < -0.39 is 18.0 Å². The average molecular weight is 424 g/mol. The number of hydrogen-bond donors (Lipinski definition) is 0. The van der Waals surface area contributed by atoms with E-state index in [9.17, 15) is 19.1 Å². The topological polar surface area (TPSA) is 76.0 Å². The molecule has 0 aromatic heterocycles. The molecule has 1 aliphatic rings. The molecule has 0 fully saturated rings. The summed E-state index contributed by atoms with van der Waals surface area (Å²) in [6.07, 6.45) is 0.353. The first-order chi connectivity index (χ1) is 14.9. The van der Waals surface area contributed by atoms with Gasteiger partial charge in [-0.3, -0.25) is 9.79 Å². The fourth-order valence-electron chi connectivity index (χ4n) is 3.87. The Hall–Kier alpha value is -3.22. The fraction of sp³-hybridized carbons (Fsp3) is 0.375. The smallest absolute Gasteiger partial charge is 0.248 e. The van der Waals surface area contributed by atoms with Crippen LogP contribution in [0, 0.1) is 5.82 Å². The van der Waals surface area contributed by atoms with Gasteiger partial charge in [0, 0.05) is 24.2 Å². The molecule has 2 aromatic carbocycles. The molecule has 7 heteroatoms. The first kappa shape index (κ1) is 22.5. The van der Waals surface area contributed by atoms with E-state index in [2.05, 4.69) is 4.99 Å². The van der Waals surface area contributed by atoms with Crippen molar-refractivity contribution in [2.75, 3.05) is 24.5 Å². The largest absolute Gasteiger partial charge is 0.530 e. The molecule has 0 bridgehead atoms. The molecule has 2 amide bonds. The van der Waals surface area contributed by atoms with Crippen molar-refractivity contribution in [3.63, 3.8) is 0 Å². The number of unbranched alkanes of at least 4 members (excludes halogenated alkanes) is 1. The van der Waals surface area contributed by atoms with Crippen molar-refractivity contribution in [2.45, 2.75) is 39.7 Å². The van der Waals surface area contributed by atoms with Crippen LogP contribution in [0.4, 0.5) is 14.9 Å². The van der Waals surface area contributed by atoms with E-state index in [1.807, 2.05) is 26.0 Å². The second-order valence-corrected chi connectivity index (χ2v) is 7.55. The van der Waals surface area contributed by atoms with E-state index in [0.29, 0.717) is 35.6 Å². The number of carboxylic acid groups (broad SMARTS) is 1. The van der Waals surface area contributed by atoms with Gasteiger partial charge in [-0.1, -0.05) is 31.5 Å². The standard InChI is InChI=1S/C24H28FN3O3/c1-4-6-13-28(24(30)31)16(3)17-11-12-21-19(14-17)23(18-9-7-8-10-20(18)25)26-15-22(29)27(21)5-2/h7-12,14,16H,4-6,13,15H2,1-3H3,(H,30,31)/p-1. The van der Waals surface area contributed by atoms with E-state index in [1.165, 1.54) is 11.0 Å². The molecule has 1 unspecified atom stereocenters. The van der Waals surface area contributed by atoms with Crippen LogP contribution in [-0.2, 0) is 4.79 Å². The summed E-state index contributed by atoms with van der Waals surface area (Å²) in [7, 11) is 0. The number of rotatable bonds is 7. The van der Waals surface area contributed by atoms with Gasteiger partial charge in [0.1, 0.15) is 18.5 Å². The molecule has 0 aliphatic carbocycles. The molecule has 1 atom stereocenters. The molecule has 1 heterocycles. The van der Waals surface area contributed by atoms with Gasteiger partial charge in [-0.2, -0.15) is 0 Å². The van der Waals surface area contributed by atoms with Gasteiger partial charge in [0.05, 0.1) is 17.4 Å². The minimum Gasteiger partial charge on any atom is -0.530 e. The van der Waals surface area contributed by atoms with Gasteiger partial charge < -0.3 is 19.7 Å². The summed E-state index contributed by atoms with van der Waals surface area (Å²) in [6, 6.07) is 11.3. The van der Waals surface area contributed by atoms with E-state index in [-0.39, 0.29) is 12.5 Å². The van der Waals surface area contributed by atoms with Gasteiger partial charge in [0.2, 0.25) is 5.91 Å². The Morgan fingerprint density at radius 1 is 1.23 bits per heavy atom. The average Bonchev–Trinajstić information content (AvgIpc) is 2.89. The van der Waals surface area contributed by atoms with Crippen molar-refractivity contribution in [1.29, 1.82) is 0 Å². The Morgan fingerprint density at radius 2 is 1.97 bits per heavy atom. The molecule has 1 aliphatic heterocycles. The maximum Gasteiger partial charge on any atom is 0.248 e. The Kier molecular flexibility index (Phi) is 7.05. The maximum absolute atomic E-state index is 14.6. The number of benzene rings is 2. The zero-order chi connectivity index (χ0) is 22.5. The SMILES string of the molecule is CCCCN(C(=O)[O-])C(C)c1ccc2c(c1)C(c1ccccc1F)=NCC(=O)N2CC. The monoisotopic (exact) mass is 424 g/mol. The third kappa shape index (κ3) is 4.60. The molecule has 3 rings (SSSR count). The number of carbonyl (C=O) groups is 2. The third-order valence-electron chi connectivity index (χ3n) is 5.62. The number of hydrogen-bond acceptors (Lipinski definition) is 4. The number of aliphatic imine (C=N–C) groups is 1. The van der Waals surface area contributed by atoms with Crippen LogP contribution in [0.3, 0.4) is 0 Å². The first-order valence-electron chi connectivity index (χ1n) is 10.6. The molecule has 31 heavy (non-hydrogen) atoms. The molecule has 164 valence electrons. The summed E-state index contributed by atoms with van der Waals surface area (Å²) in [5.41, 5.74) is 2.67. The lowest BCUT2D eigenvalue weighted by atomic mass is 9.95. The summed E-state index contributed by atoms with van der Waals surface area (Å²) in [5, 5.41) is 11.7. The lowest BCUT2D eigenvalue weighted by molar-refractivity contribution is -0.268. The van der Waals surface area contributed by atoms with E-state index in [4.69, 9.17) is 0 Å². The zero-order valence-electron chi connectivity index (χ0n) is 18.1. The van der Waals surface area contributed by atoms with Crippen molar-refractivity contribution in [1.82, 2.24) is 4.90 Å². The maximum atomic E-state index is 14.6. The van der Waals surface area contributed by atoms with Crippen LogP contribution in [0.1, 0.15) is 56.3 Å². The molecular weight excluding hydrogens is 397 g/mol.